The minimum absolute atomic E-state index is 1.23. The van der Waals surface area contributed by atoms with Crippen LogP contribution in [0.3, 0.4) is 0 Å². The van der Waals surface area contributed by atoms with Gasteiger partial charge >= 0.3 is 0 Å². The summed E-state index contributed by atoms with van der Waals surface area (Å²) in [7, 11) is 0. The molecule has 0 aliphatic heterocycles. The minimum atomic E-state index is 1.23. The summed E-state index contributed by atoms with van der Waals surface area (Å²) in [6.07, 6.45) is 0. The Labute approximate surface area is 297 Å². The first-order valence-corrected chi connectivity index (χ1v) is 18.7. The van der Waals surface area contributed by atoms with E-state index in [-0.39, 0.29) is 0 Å². The van der Waals surface area contributed by atoms with Gasteiger partial charge < -0.3 is 0 Å². The Hall–Kier alpha value is -5.80. The second kappa shape index (κ2) is 10.9. The van der Waals surface area contributed by atoms with Crippen molar-refractivity contribution in [3.8, 4) is 33.4 Å². The SMILES string of the molecule is c1ccc(-c2ccc(-c3c4ccccc4c(-c4ccc5sc6cc7c(ccc8sc9ccccc9c87)cc6c5c4)c4ccccc34)cc2)cc1. The molecule has 0 saturated carbocycles. The van der Waals surface area contributed by atoms with Crippen LogP contribution in [0.25, 0.3) is 106 Å². The van der Waals surface area contributed by atoms with Gasteiger partial charge in [0, 0.05) is 40.3 Å². The zero-order valence-electron chi connectivity index (χ0n) is 27.0. The van der Waals surface area contributed by atoms with E-state index in [0.29, 0.717) is 0 Å². The first-order chi connectivity index (χ1) is 24.8. The molecule has 2 heterocycles. The van der Waals surface area contributed by atoms with Crippen LogP contribution in [-0.2, 0) is 0 Å². The maximum Gasteiger partial charge on any atom is 0.0362 e. The molecule has 2 heteroatoms. The summed E-state index contributed by atoms with van der Waals surface area (Å²) in [5.41, 5.74) is 7.56. The zero-order valence-corrected chi connectivity index (χ0v) is 28.6. The summed E-state index contributed by atoms with van der Waals surface area (Å²) in [5, 5.41) is 13.2. The molecule has 11 aromatic rings. The van der Waals surface area contributed by atoms with Gasteiger partial charge in [0.15, 0.2) is 0 Å². The number of thiophene rings is 2. The van der Waals surface area contributed by atoms with E-state index in [9.17, 15) is 0 Å². The molecule has 0 fully saturated rings. The van der Waals surface area contributed by atoms with Crippen molar-refractivity contribution in [1.29, 1.82) is 0 Å². The van der Waals surface area contributed by atoms with E-state index >= 15 is 0 Å². The Bertz CT molecular complexity index is 3070. The average Bonchev–Trinajstić information content (AvgIpc) is 3.74. The molecule has 0 amide bonds. The van der Waals surface area contributed by atoms with Gasteiger partial charge in [-0.05, 0) is 102 Å². The molecule has 232 valence electrons. The number of hydrogen-bond acceptors (Lipinski definition) is 2. The molecule has 0 N–H and O–H groups in total. The lowest BCUT2D eigenvalue weighted by Crippen LogP contribution is -1.91. The second-order valence-electron chi connectivity index (χ2n) is 13.2. The number of rotatable bonds is 3. The molecule has 2 aromatic heterocycles. The molecule has 0 aliphatic carbocycles. The maximum atomic E-state index is 2.45. The fourth-order valence-corrected chi connectivity index (χ4v) is 10.4. The fourth-order valence-electron chi connectivity index (χ4n) is 8.18. The van der Waals surface area contributed by atoms with Crippen molar-refractivity contribution in [1.82, 2.24) is 0 Å². The van der Waals surface area contributed by atoms with E-state index in [2.05, 4.69) is 170 Å². The molecule has 50 heavy (non-hydrogen) atoms. The standard InChI is InChI=1S/C48H28S2/c1-2-10-29(11-3-1)30-18-20-31(21-19-30)46-34-12-4-6-14-36(34)47(37-15-7-5-13-35(37)46)33-23-24-43-40(27-33)41-26-32-22-25-44-48(39(32)28-45(41)50-43)38-16-8-9-17-42(38)49-44/h1-28H. The Morgan fingerprint density at radius 1 is 0.260 bits per heavy atom. The summed E-state index contributed by atoms with van der Waals surface area (Å²) in [4.78, 5) is 0. The van der Waals surface area contributed by atoms with Crippen molar-refractivity contribution in [3.63, 3.8) is 0 Å². The van der Waals surface area contributed by atoms with E-state index in [4.69, 9.17) is 0 Å². The van der Waals surface area contributed by atoms with Crippen LogP contribution in [0.4, 0.5) is 0 Å². The molecular formula is C48H28S2. The van der Waals surface area contributed by atoms with Crippen LogP contribution in [0.1, 0.15) is 0 Å². The van der Waals surface area contributed by atoms with Gasteiger partial charge in [0.1, 0.15) is 0 Å². The van der Waals surface area contributed by atoms with Gasteiger partial charge in [-0.15, -0.1) is 22.7 Å². The molecule has 0 nitrogen and oxygen atoms in total. The van der Waals surface area contributed by atoms with Crippen LogP contribution in [0, 0.1) is 0 Å². The van der Waals surface area contributed by atoms with E-state index < -0.39 is 0 Å². The summed E-state index contributed by atoms with van der Waals surface area (Å²) < 4.78 is 5.38. The van der Waals surface area contributed by atoms with Crippen molar-refractivity contribution in [2.45, 2.75) is 0 Å². The second-order valence-corrected chi connectivity index (χ2v) is 15.4. The lowest BCUT2D eigenvalue weighted by molar-refractivity contribution is 1.61. The number of fused-ring (bicyclic) bond motifs is 10. The van der Waals surface area contributed by atoms with Gasteiger partial charge in [-0.25, -0.2) is 0 Å². The predicted molar refractivity (Wildman–Crippen MR) is 221 cm³/mol. The molecule has 0 spiro atoms. The predicted octanol–water partition coefficient (Wildman–Crippen LogP) is 14.9. The lowest BCUT2D eigenvalue weighted by Gasteiger charge is -2.18. The monoisotopic (exact) mass is 668 g/mol. The topological polar surface area (TPSA) is 0 Å². The summed E-state index contributed by atoms with van der Waals surface area (Å²) in [5.74, 6) is 0. The summed E-state index contributed by atoms with van der Waals surface area (Å²) in [6.45, 7) is 0. The largest absolute Gasteiger partial charge is 0.135 e. The van der Waals surface area contributed by atoms with E-state index in [1.165, 1.54) is 106 Å². The molecule has 0 unspecified atom stereocenters. The highest BCUT2D eigenvalue weighted by atomic mass is 32.1. The molecule has 0 saturated heterocycles. The summed E-state index contributed by atoms with van der Waals surface area (Å²) in [6, 6.07) is 63.1. The van der Waals surface area contributed by atoms with Crippen molar-refractivity contribution >= 4 is 95.3 Å². The molecule has 0 atom stereocenters. The van der Waals surface area contributed by atoms with Crippen molar-refractivity contribution in [3.05, 3.63) is 170 Å². The van der Waals surface area contributed by atoms with E-state index in [1.807, 2.05) is 22.7 Å². The third-order valence-electron chi connectivity index (χ3n) is 10.4. The van der Waals surface area contributed by atoms with Crippen LogP contribution in [0.2, 0.25) is 0 Å². The average molecular weight is 669 g/mol. The first kappa shape index (κ1) is 28.1. The van der Waals surface area contributed by atoms with Crippen molar-refractivity contribution < 1.29 is 0 Å². The highest BCUT2D eigenvalue weighted by Crippen LogP contribution is 2.47. The third kappa shape index (κ3) is 4.16. The first-order valence-electron chi connectivity index (χ1n) is 17.1. The molecule has 0 radical (unpaired) electrons. The third-order valence-corrected chi connectivity index (χ3v) is 12.7. The molecular weight excluding hydrogens is 641 g/mol. The van der Waals surface area contributed by atoms with Crippen LogP contribution < -0.4 is 0 Å². The minimum Gasteiger partial charge on any atom is -0.135 e. The van der Waals surface area contributed by atoms with Gasteiger partial charge in [-0.3, -0.25) is 0 Å². The van der Waals surface area contributed by atoms with Crippen LogP contribution in [0.5, 0.6) is 0 Å². The van der Waals surface area contributed by atoms with Crippen LogP contribution in [-0.4, -0.2) is 0 Å². The van der Waals surface area contributed by atoms with Gasteiger partial charge in [-0.1, -0.05) is 133 Å². The Kier molecular flexibility index (Phi) is 6.09. The van der Waals surface area contributed by atoms with E-state index in [0.717, 1.165) is 0 Å². The Morgan fingerprint density at radius 3 is 1.48 bits per heavy atom. The van der Waals surface area contributed by atoms with Crippen molar-refractivity contribution in [2.75, 3.05) is 0 Å². The van der Waals surface area contributed by atoms with Gasteiger partial charge in [0.2, 0.25) is 0 Å². The van der Waals surface area contributed by atoms with E-state index in [1.54, 1.807) is 0 Å². The molecule has 11 rings (SSSR count). The Morgan fingerprint density at radius 2 is 0.760 bits per heavy atom. The number of hydrogen-bond donors (Lipinski definition) is 0. The lowest BCUT2D eigenvalue weighted by atomic mass is 9.85. The zero-order chi connectivity index (χ0) is 32.8. The Balaban J connectivity index is 1.13. The highest BCUT2D eigenvalue weighted by molar-refractivity contribution is 7.26. The molecule has 0 bridgehead atoms. The van der Waals surface area contributed by atoms with Gasteiger partial charge in [-0.2, -0.15) is 0 Å². The van der Waals surface area contributed by atoms with Gasteiger partial charge in [0.05, 0.1) is 0 Å². The van der Waals surface area contributed by atoms with Crippen LogP contribution in [0.15, 0.2) is 170 Å². The number of benzene rings is 9. The van der Waals surface area contributed by atoms with Gasteiger partial charge in [0.25, 0.3) is 0 Å². The molecule has 9 aromatic carbocycles. The highest BCUT2D eigenvalue weighted by Gasteiger charge is 2.18. The van der Waals surface area contributed by atoms with Crippen molar-refractivity contribution in [2.24, 2.45) is 0 Å². The summed E-state index contributed by atoms with van der Waals surface area (Å²) >= 11 is 3.80. The smallest absolute Gasteiger partial charge is 0.0362 e. The van der Waals surface area contributed by atoms with Crippen LogP contribution >= 0.6 is 22.7 Å². The molecule has 0 aliphatic rings. The fraction of sp³-hybridized carbons (Fsp3) is 0. The maximum absolute atomic E-state index is 2.45. The normalized spacial score (nSPS) is 12.0. The quantitative estimate of drug-likeness (QED) is 0.164.